The maximum atomic E-state index is 2.49. The molecule has 0 aromatic heterocycles. The number of nitrogens with zero attached hydrogens (tertiary/aromatic N) is 1. The van der Waals surface area contributed by atoms with Crippen LogP contribution in [0.3, 0.4) is 0 Å². The molecule has 0 spiro atoms. The highest BCUT2D eigenvalue weighted by molar-refractivity contribution is 7.99. The van der Waals surface area contributed by atoms with Gasteiger partial charge >= 0.3 is 0 Å². The average molecular weight is 353 g/mol. The van der Waals surface area contributed by atoms with Crippen molar-refractivity contribution in [2.24, 2.45) is 0 Å². The van der Waals surface area contributed by atoms with Crippen molar-refractivity contribution in [2.45, 2.75) is 43.9 Å². The summed E-state index contributed by atoms with van der Waals surface area (Å²) in [5, 5.41) is 0. The third-order valence-corrected chi connectivity index (χ3v) is 6.94. The second kappa shape index (κ2) is 7.80. The van der Waals surface area contributed by atoms with Gasteiger partial charge in [0.25, 0.3) is 0 Å². The standard InChI is InChI=1S/C23H30NS/c1-5-24(6-2,7-3)16-10-12-19-20-11-8-9-13-22(20)25-23-15-14-18(4)17-21(19)23/h8-9,11-15,17H,5-7,10,16H2,1-4H3/q+1/b19-12-. The maximum absolute atomic E-state index is 2.49. The van der Waals surface area contributed by atoms with E-state index in [1.165, 1.54) is 62.7 Å². The van der Waals surface area contributed by atoms with Gasteiger partial charge in [0.15, 0.2) is 0 Å². The average Bonchev–Trinajstić information content (AvgIpc) is 2.65. The molecule has 0 bridgehead atoms. The normalized spacial score (nSPS) is 15.1. The smallest absolute Gasteiger partial charge is 0.0821 e. The molecule has 2 heteroatoms. The molecule has 3 rings (SSSR count). The van der Waals surface area contributed by atoms with Gasteiger partial charge < -0.3 is 4.48 Å². The summed E-state index contributed by atoms with van der Waals surface area (Å²) in [5.41, 5.74) is 5.57. The van der Waals surface area contributed by atoms with Gasteiger partial charge in [-0.25, -0.2) is 0 Å². The molecule has 1 aliphatic rings. The summed E-state index contributed by atoms with van der Waals surface area (Å²) in [5.74, 6) is 0. The van der Waals surface area contributed by atoms with Crippen LogP contribution in [0.4, 0.5) is 0 Å². The van der Waals surface area contributed by atoms with Gasteiger partial charge in [0.1, 0.15) is 0 Å². The zero-order valence-corrected chi connectivity index (χ0v) is 16.8. The van der Waals surface area contributed by atoms with Crippen molar-refractivity contribution in [2.75, 3.05) is 26.2 Å². The number of hydrogen-bond donors (Lipinski definition) is 0. The molecule has 0 radical (unpaired) electrons. The molecule has 0 saturated carbocycles. The van der Waals surface area contributed by atoms with Crippen LogP contribution in [0, 0.1) is 6.92 Å². The third-order valence-electron chi connectivity index (χ3n) is 5.79. The lowest BCUT2D eigenvalue weighted by molar-refractivity contribution is -0.922. The fourth-order valence-electron chi connectivity index (χ4n) is 3.83. The third kappa shape index (κ3) is 3.70. The Hall–Kier alpha value is -1.51. The highest BCUT2D eigenvalue weighted by Gasteiger charge is 2.22. The minimum Gasteiger partial charge on any atom is -0.324 e. The first-order valence-corrected chi connectivity index (χ1v) is 10.4. The molecule has 0 unspecified atom stereocenters. The first-order valence-electron chi connectivity index (χ1n) is 9.56. The van der Waals surface area contributed by atoms with Crippen LogP contribution in [0.15, 0.2) is 58.3 Å². The van der Waals surface area contributed by atoms with Crippen LogP contribution in [0.5, 0.6) is 0 Å². The van der Waals surface area contributed by atoms with Crippen molar-refractivity contribution in [3.05, 3.63) is 65.2 Å². The molecule has 0 aliphatic carbocycles. The Kier molecular flexibility index (Phi) is 5.71. The van der Waals surface area contributed by atoms with Crippen molar-refractivity contribution >= 4 is 17.3 Å². The minimum atomic E-state index is 1.14. The predicted molar refractivity (Wildman–Crippen MR) is 110 cm³/mol. The number of fused-ring (bicyclic) bond motifs is 2. The largest absolute Gasteiger partial charge is 0.324 e. The van der Waals surface area contributed by atoms with E-state index in [4.69, 9.17) is 0 Å². The van der Waals surface area contributed by atoms with E-state index in [0.717, 1.165) is 6.42 Å². The van der Waals surface area contributed by atoms with Gasteiger partial charge in [0.2, 0.25) is 0 Å². The molecular weight excluding hydrogens is 322 g/mol. The molecule has 0 fully saturated rings. The van der Waals surface area contributed by atoms with Crippen molar-refractivity contribution in [3.63, 3.8) is 0 Å². The number of aryl methyl sites for hydroxylation is 1. The van der Waals surface area contributed by atoms with Gasteiger partial charge in [-0.3, -0.25) is 0 Å². The van der Waals surface area contributed by atoms with E-state index in [-0.39, 0.29) is 0 Å². The molecule has 0 N–H and O–H groups in total. The second-order valence-corrected chi connectivity index (χ2v) is 8.10. The zero-order valence-electron chi connectivity index (χ0n) is 16.0. The molecular formula is C23H30NS+. The van der Waals surface area contributed by atoms with Crippen LogP contribution in [0.2, 0.25) is 0 Å². The Morgan fingerprint density at radius 1 is 0.880 bits per heavy atom. The van der Waals surface area contributed by atoms with Crippen molar-refractivity contribution in [3.8, 4) is 0 Å². The first kappa shape index (κ1) is 18.3. The maximum Gasteiger partial charge on any atom is 0.0821 e. The van der Waals surface area contributed by atoms with Crippen LogP contribution in [-0.4, -0.2) is 30.7 Å². The summed E-state index contributed by atoms with van der Waals surface area (Å²) >= 11 is 1.90. The Balaban J connectivity index is 1.96. The van der Waals surface area contributed by atoms with E-state index in [0.29, 0.717) is 0 Å². The van der Waals surface area contributed by atoms with Crippen molar-refractivity contribution in [1.29, 1.82) is 0 Å². The Labute approximate surface area is 157 Å². The number of benzene rings is 2. The Bertz CT molecular complexity index is 763. The van der Waals surface area contributed by atoms with Gasteiger partial charge in [-0.15, -0.1) is 0 Å². The van der Waals surface area contributed by atoms with Crippen LogP contribution in [-0.2, 0) is 0 Å². The fourth-order valence-corrected chi connectivity index (χ4v) is 4.92. The molecule has 0 atom stereocenters. The summed E-state index contributed by atoms with van der Waals surface area (Å²) in [6.45, 7) is 14.1. The molecule has 132 valence electrons. The van der Waals surface area contributed by atoms with Gasteiger partial charge in [-0.05, 0) is 56.5 Å². The summed E-state index contributed by atoms with van der Waals surface area (Å²) in [6, 6.07) is 15.7. The molecule has 1 nitrogen and oxygen atoms in total. The first-order chi connectivity index (χ1) is 12.1. The number of quaternary nitrogens is 1. The van der Waals surface area contributed by atoms with Crippen LogP contribution >= 0.6 is 11.8 Å². The fraction of sp³-hybridized carbons (Fsp3) is 0.391. The predicted octanol–water partition coefficient (Wildman–Crippen LogP) is 6.16. The van der Waals surface area contributed by atoms with Gasteiger partial charge in [0.05, 0.1) is 26.2 Å². The summed E-state index contributed by atoms with van der Waals surface area (Å²) in [4.78, 5) is 2.77. The Morgan fingerprint density at radius 3 is 2.28 bits per heavy atom. The zero-order chi connectivity index (χ0) is 17.9. The summed E-state index contributed by atoms with van der Waals surface area (Å²) < 4.78 is 1.21. The molecule has 0 saturated heterocycles. The summed E-state index contributed by atoms with van der Waals surface area (Å²) in [6.07, 6.45) is 3.63. The lowest BCUT2D eigenvalue weighted by atomic mass is 9.95. The molecule has 1 aliphatic heterocycles. The lowest BCUT2D eigenvalue weighted by Crippen LogP contribution is -2.48. The van der Waals surface area contributed by atoms with E-state index in [2.05, 4.69) is 76.2 Å². The van der Waals surface area contributed by atoms with Crippen LogP contribution < -0.4 is 0 Å². The number of hydrogen-bond acceptors (Lipinski definition) is 1. The Morgan fingerprint density at radius 2 is 1.56 bits per heavy atom. The molecule has 25 heavy (non-hydrogen) atoms. The van der Waals surface area contributed by atoms with Crippen LogP contribution in [0.25, 0.3) is 5.57 Å². The van der Waals surface area contributed by atoms with E-state index in [9.17, 15) is 0 Å². The highest BCUT2D eigenvalue weighted by atomic mass is 32.2. The SMILES string of the molecule is CC[N+](CC)(CC)CC/C=C1/c2ccccc2Sc2ccc(C)cc21. The number of rotatable bonds is 6. The van der Waals surface area contributed by atoms with Crippen molar-refractivity contribution < 1.29 is 4.48 Å². The highest BCUT2D eigenvalue weighted by Crippen LogP contribution is 2.45. The van der Waals surface area contributed by atoms with Crippen molar-refractivity contribution in [1.82, 2.24) is 0 Å². The molecule has 2 aromatic rings. The second-order valence-electron chi connectivity index (χ2n) is 7.02. The topological polar surface area (TPSA) is 0 Å². The van der Waals surface area contributed by atoms with Gasteiger partial charge in [-0.2, -0.15) is 0 Å². The van der Waals surface area contributed by atoms with Crippen LogP contribution in [0.1, 0.15) is 43.9 Å². The van der Waals surface area contributed by atoms with Gasteiger partial charge in [0, 0.05) is 16.2 Å². The van der Waals surface area contributed by atoms with E-state index < -0.39 is 0 Å². The lowest BCUT2D eigenvalue weighted by Gasteiger charge is -2.35. The molecule has 1 heterocycles. The monoisotopic (exact) mass is 352 g/mol. The molecule has 2 aromatic carbocycles. The molecule has 0 amide bonds. The summed E-state index contributed by atoms with van der Waals surface area (Å²) in [7, 11) is 0. The van der Waals surface area contributed by atoms with E-state index >= 15 is 0 Å². The van der Waals surface area contributed by atoms with E-state index in [1.54, 1.807) is 0 Å². The minimum absolute atomic E-state index is 1.14. The van der Waals surface area contributed by atoms with E-state index in [1.807, 2.05) is 11.8 Å². The van der Waals surface area contributed by atoms with Gasteiger partial charge in [-0.1, -0.05) is 53.7 Å². The quantitative estimate of drug-likeness (QED) is 0.479.